The average molecular weight is 571 g/mol. The molecule has 1 heterocycles. The summed E-state index contributed by atoms with van der Waals surface area (Å²) in [6.45, 7) is 10.3. The summed E-state index contributed by atoms with van der Waals surface area (Å²) in [5.74, 6) is -0.0650. The molecule has 1 aliphatic carbocycles. The van der Waals surface area contributed by atoms with Crippen molar-refractivity contribution in [2.45, 2.75) is 45.8 Å². The highest BCUT2D eigenvalue weighted by atomic mass is 16.6. The first-order valence-corrected chi connectivity index (χ1v) is 14.3. The third-order valence-electron chi connectivity index (χ3n) is 7.80. The number of nitrogens with zero attached hydrogens (tertiary/aromatic N) is 2. The van der Waals surface area contributed by atoms with Gasteiger partial charge < -0.3 is 24.4 Å². The van der Waals surface area contributed by atoms with Crippen LogP contribution in [0.25, 0.3) is 11.1 Å². The molecule has 42 heavy (non-hydrogen) atoms. The van der Waals surface area contributed by atoms with E-state index in [0.29, 0.717) is 49.4 Å². The van der Waals surface area contributed by atoms with Crippen molar-refractivity contribution in [2.24, 2.45) is 0 Å². The first-order chi connectivity index (χ1) is 20.0. The molecule has 1 aliphatic heterocycles. The summed E-state index contributed by atoms with van der Waals surface area (Å²) >= 11 is 0. The third kappa shape index (κ3) is 6.62. The van der Waals surface area contributed by atoms with E-state index in [2.05, 4.69) is 34.5 Å². The van der Waals surface area contributed by atoms with Crippen LogP contribution in [0.5, 0.6) is 0 Å². The van der Waals surface area contributed by atoms with E-state index >= 15 is 0 Å². The summed E-state index contributed by atoms with van der Waals surface area (Å²) in [6.07, 6.45) is -0.931. The standard InChI is InChI=1S/C32H38BN3O6/c1-21-28(33(39)40)17-22(19-35-13-15-36(16-14-35)31(38)42-32(2,3)4)18-29(21)34-30(37)41-20-27-25-11-7-5-9-23(25)24-10-6-8-12-26(24)27/h5-12,17-18,27,39-40H,13-16,19-20H2,1-4H3,(H,34,37). The molecular formula is C32H38BN3O6. The smallest absolute Gasteiger partial charge is 0.448 e. The van der Waals surface area contributed by atoms with Crippen LogP contribution in [0.2, 0.25) is 0 Å². The molecule has 0 atom stereocenters. The van der Waals surface area contributed by atoms with Crippen molar-refractivity contribution in [3.8, 4) is 11.1 Å². The lowest BCUT2D eigenvalue weighted by Gasteiger charge is -2.35. The number of nitrogens with one attached hydrogen (secondary N) is 1. The van der Waals surface area contributed by atoms with Gasteiger partial charge in [0.15, 0.2) is 0 Å². The molecule has 220 valence electrons. The van der Waals surface area contributed by atoms with Crippen molar-refractivity contribution in [1.82, 2.24) is 9.80 Å². The van der Waals surface area contributed by atoms with Crippen LogP contribution in [-0.2, 0) is 16.0 Å². The van der Waals surface area contributed by atoms with Crippen molar-refractivity contribution in [3.63, 3.8) is 0 Å². The largest absolute Gasteiger partial charge is 0.488 e. The van der Waals surface area contributed by atoms with Gasteiger partial charge in [0.2, 0.25) is 0 Å². The molecule has 2 amide bonds. The van der Waals surface area contributed by atoms with Gasteiger partial charge in [0.25, 0.3) is 0 Å². The van der Waals surface area contributed by atoms with Crippen LogP contribution in [0.4, 0.5) is 15.3 Å². The number of rotatable bonds is 6. The summed E-state index contributed by atoms with van der Waals surface area (Å²) in [5.41, 5.74) is 6.14. The second kappa shape index (κ2) is 12.2. The van der Waals surface area contributed by atoms with Gasteiger partial charge in [-0.2, -0.15) is 0 Å². The number of carbonyl (C=O) groups is 2. The van der Waals surface area contributed by atoms with Crippen molar-refractivity contribution in [2.75, 3.05) is 38.1 Å². The maximum absolute atomic E-state index is 13.0. The number of benzene rings is 3. The molecule has 2 aliphatic rings. The number of piperazine rings is 1. The minimum atomic E-state index is -1.70. The second-order valence-electron chi connectivity index (χ2n) is 11.9. The van der Waals surface area contributed by atoms with Crippen LogP contribution in [0.3, 0.4) is 0 Å². The Balaban J connectivity index is 1.24. The number of amides is 2. The number of carbonyl (C=O) groups excluding carboxylic acids is 2. The Labute approximate surface area is 247 Å². The zero-order chi connectivity index (χ0) is 30.0. The Morgan fingerprint density at radius 1 is 0.952 bits per heavy atom. The first kappa shape index (κ1) is 29.6. The summed E-state index contributed by atoms with van der Waals surface area (Å²) < 4.78 is 11.2. The first-order valence-electron chi connectivity index (χ1n) is 14.3. The number of ether oxygens (including phenoxy) is 2. The lowest BCUT2D eigenvalue weighted by molar-refractivity contribution is 0.0139. The van der Waals surface area contributed by atoms with Gasteiger partial charge in [-0.3, -0.25) is 10.2 Å². The van der Waals surface area contributed by atoms with E-state index in [1.165, 1.54) is 0 Å². The molecular weight excluding hydrogens is 533 g/mol. The Morgan fingerprint density at radius 2 is 1.55 bits per heavy atom. The Hall–Kier alpha value is -3.86. The highest BCUT2D eigenvalue weighted by molar-refractivity contribution is 6.59. The summed E-state index contributed by atoms with van der Waals surface area (Å²) in [6, 6.07) is 19.9. The molecule has 9 nitrogen and oxygen atoms in total. The SMILES string of the molecule is Cc1c(NC(=O)OCC2c3ccccc3-c3ccccc32)cc(CN2CCN(C(=O)OC(C)(C)C)CC2)cc1B(O)O. The van der Waals surface area contributed by atoms with Gasteiger partial charge in [0.05, 0.1) is 0 Å². The topological polar surface area (TPSA) is 112 Å². The molecule has 0 radical (unpaired) electrons. The van der Waals surface area contributed by atoms with Gasteiger partial charge in [-0.1, -0.05) is 54.6 Å². The van der Waals surface area contributed by atoms with E-state index in [1.807, 2.05) is 51.1 Å². The van der Waals surface area contributed by atoms with Crippen molar-refractivity contribution >= 4 is 30.5 Å². The zero-order valence-corrected chi connectivity index (χ0v) is 24.6. The fourth-order valence-electron chi connectivity index (χ4n) is 5.71. The van der Waals surface area contributed by atoms with Crippen LogP contribution >= 0.6 is 0 Å². The van der Waals surface area contributed by atoms with Crippen LogP contribution < -0.4 is 10.8 Å². The molecule has 0 bridgehead atoms. The number of fused-ring (bicyclic) bond motifs is 3. The minimum absolute atomic E-state index is 0.0650. The van der Waals surface area contributed by atoms with E-state index in [4.69, 9.17) is 9.47 Å². The van der Waals surface area contributed by atoms with Crippen LogP contribution in [0, 0.1) is 6.92 Å². The van der Waals surface area contributed by atoms with E-state index < -0.39 is 18.8 Å². The fourth-order valence-corrected chi connectivity index (χ4v) is 5.71. The summed E-state index contributed by atoms with van der Waals surface area (Å²) in [7, 11) is -1.70. The zero-order valence-electron chi connectivity index (χ0n) is 24.6. The maximum Gasteiger partial charge on any atom is 0.488 e. The molecule has 1 fully saturated rings. The van der Waals surface area contributed by atoms with Gasteiger partial charge >= 0.3 is 19.3 Å². The van der Waals surface area contributed by atoms with Gasteiger partial charge in [-0.15, -0.1) is 0 Å². The van der Waals surface area contributed by atoms with E-state index in [1.54, 1.807) is 17.9 Å². The van der Waals surface area contributed by atoms with Gasteiger partial charge in [-0.05, 0) is 72.6 Å². The quantitative estimate of drug-likeness (QED) is 0.383. The van der Waals surface area contributed by atoms with E-state index in [-0.39, 0.29) is 18.6 Å². The Morgan fingerprint density at radius 3 is 2.12 bits per heavy atom. The van der Waals surface area contributed by atoms with Crippen LogP contribution in [0.15, 0.2) is 60.7 Å². The van der Waals surface area contributed by atoms with Crippen molar-refractivity contribution in [3.05, 3.63) is 82.9 Å². The maximum atomic E-state index is 13.0. The number of hydrogen-bond donors (Lipinski definition) is 3. The molecule has 3 aromatic rings. The molecule has 0 saturated carbocycles. The molecule has 0 aromatic heterocycles. The van der Waals surface area contributed by atoms with E-state index in [0.717, 1.165) is 27.8 Å². The number of anilines is 1. The molecule has 0 unspecified atom stereocenters. The second-order valence-corrected chi connectivity index (χ2v) is 11.9. The van der Waals surface area contributed by atoms with Crippen LogP contribution in [-0.4, -0.2) is 77.5 Å². The molecule has 3 N–H and O–H groups in total. The highest BCUT2D eigenvalue weighted by Gasteiger charge is 2.30. The monoisotopic (exact) mass is 571 g/mol. The average Bonchev–Trinajstić information content (AvgIpc) is 3.26. The van der Waals surface area contributed by atoms with Gasteiger partial charge in [0, 0.05) is 44.3 Å². The lowest BCUT2D eigenvalue weighted by Crippen LogP contribution is -2.49. The normalized spacial score (nSPS) is 15.1. The minimum Gasteiger partial charge on any atom is -0.448 e. The summed E-state index contributed by atoms with van der Waals surface area (Å²) in [5, 5.41) is 22.9. The number of hydrogen-bond acceptors (Lipinski definition) is 7. The van der Waals surface area contributed by atoms with Gasteiger partial charge in [-0.25, -0.2) is 9.59 Å². The third-order valence-corrected chi connectivity index (χ3v) is 7.80. The predicted octanol–water partition coefficient (Wildman–Crippen LogP) is 4.09. The lowest BCUT2D eigenvalue weighted by atomic mass is 9.76. The molecule has 10 heteroatoms. The fraction of sp³-hybridized carbons (Fsp3) is 0.375. The highest BCUT2D eigenvalue weighted by Crippen LogP contribution is 2.44. The van der Waals surface area contributed by atoms with Crippen LogP contribution in [0.1, 0.15) is 48.9 Å². The Bertz CT molecular complexity index is 1420. The van der Waals surface area contributed by atoms with Crippen molar-refractivity contribution in [1.29, 1.82) is 0 Å². The molecule has 1 saturated heterocycles. The van der Waals surface area contributed by atoms with Gasteiger partial charge in [0.1, 0.15) is 12.2 Å². The molecule has 3 aromatic carbocycles. The van der Waals surface area contributed by atoms with Crippen molar-refractivity contribution < 1.29 is 29.1 Å². The molecule has 5 rings (SSSR count). The predicted molar refractivity (Wildman–Crippen MR) is 163 cm³/mol. The Kier molecular flexibility index (Phi) is 8.59. The van der Waals surface area contributed by atoms with E-state index in [9.17, 15) is 19.6 Å². The summed E-state index contributed by atoms with van der Waals surface area (Å²) in [4.78, 5) is 29.3. The molecule has 0 spiro atoms.